The predicted molar refractivity (Wildman–Crippen MR) is 103 cm³/mol. The van der Waals surface area contributed by atoms with E-state index in [2.05, 4.69) is 20.8 Å². The molecule has 134 valence electrons. The molecule has 0 radical (unpaired) electrons. The van der Waals surface area contributed by atoms with Crippen molar-refractivity contribution in [2.45, 2.75) is 30.2 Å². The lowest BCUT2D eigenvalue weighted by Crippen LogP contribution is -2.18. The number of amides is 1. The quantitative estimate of drug-likeness (QED) is 0.690. The van der Waals surface area contributed by atoms with Crippen molar-refractivity contribution in [3.63, 3.8) is 0 Å². The lowest BCUT2D eigenvalue weighted by atomic mass is 10.2. The van der Waals surface area contributed by atoms with Gasteiger partial charge < -0.3 is 15.4 Å². The van der Waals surface area contributed by atoms with Crippen molar-refractivity contribution < 1.29 is 9.53 Å². The molecule has 0 aliphatic carbocycles. The zero-order chi connectivity index (χ0) is 17.6. The molecule has 2 N–H and O–H groups in total. The maximum Gasteiger partial charge on any atom is 0.234 e. The summed E-state index contributed by atoms with van der Waals surface area (Å²) in [6.07, 6.45) is 2.45. The molecule has 1 aliphatic rings. The van der Waals surface area contributed by atoms with Gasteiger partial charge in [-0.25, -0.2) is 0 Å². The first kappa shape index (κ1) is 18.4. The summed E-state index contributed by atoms with van der Waals surface area (Å²) < 4.78 is 6.31. The molecular weight excluding hydrogens is 380 g/mol. The molecular formula is C16H19ClN4O2S2. The number of hydrogen-bond acceptors (Lipinski definition) is 7. The van der Waals surface area contributed by atoms with Gasteiger partial charge in [0.2, 0.25) is 11.0 Å². The molecule has 0 spiro atoms. The number of halogens is 1. The molecule has 1 fully saturated rings. The van der Waals surface area contributed by atoms with Crippen LogP contribution in [0.25, 0.3) is 0 Å². The molecule has 1 aromatic carbocycles. The molecule has 0 bridgehead atoms. The largest absolute Gasteiger partial charge is 0.376 e. The third-order valence-corrected chi connectivity index (χ3v) is 5.96. The fraction of sp³-hybridized carbons (Fsp3) is 0.438. The van der Waals surface area contributed by atoms with E-state index in [1.165, 1.54) is 23.1 Å². The van der Waals surface area contributed by atoms with Crippen molar-refractivity contribution in [3.8, 4) is 0 Å². The smallest absolute Gasteiger partial charge is 0.234 e. The molecule has 9 heteroatoms. The number of carbonyl (C=O) groups excluding carboxylic acids is 1. The second-order valence-electron chi connectivity index (χ2n) is 5.71. The van der Waals surface area contributed by atoms with Crippen LogP contribution in [-0.4, -0.2) is 41.1 Å². The van der Waals surface area contributed by atoms with E-state index < -0.39 is 0 Å². The van der Waals surface area contributed by atoms with Crippen molar-refractivity contribution in [1.82, 2.24) is 10.2 Å². The molecule has 1 aliphatic heterocycles. The van der Waals surface area contributed by atoms with Gasteiger partial charge in [-0.05, 0) is 37.5 Å². The lowest BCUT2D eigenvalue weighted by Gasteiger charge is -2.08. The molecule has 0 saturated carbocycles. The fourth-order valence-corrected chi connectivity index (χ4v) is 4.22. The molecule has 1 amide bonds. The highest BCUT2D eigenvalue weighted by Crippen LogP contribution is 2.27. The van der Waals surface area contributed by atoms with Gasteiger partial charge in [-0.15, -0.1) is 10.2 Å². The Bertz CT molecular complexity index is 735. The number of thioether (sulfide) groups is 1. The van der Waals surface area contributed by atoms with Gasteiger partial charge in [0, 0.05) is 13.2 Å². The van der Waals surface area contributed by atoms with E-state index in [9.17, 15) is 4.79 Å². The van der Waals surface area contributed by atoms with E-state index in [4.69, 9.17) is 16.3 Å². The van der Waals surface area contributed by atoms with Crippen LogP contribution in [0.15, 0.2) is 22.5 Å². The van der Waals surface area contributed by atoms with Crippen molar-refractivity contribution >= 4 is 51.4 Å². The van der Waals surface area contributed by atoms with Gasteiger partial charge in [0.25, 0.3) is 0 Å². The van der Waals surface area contributed by atoms with Crippen LogP contribution in [0.3, 0.4) is 0 Å². The summed E-state index contributed by atoms with van der Waals surface area (Å²) in [5, 5.41) is 15.5. The van der Waals surface area contributed by atoms with Gasteiger partial charge in [0.05, 0.1) is 22.6 Å². The SMILES string of the molecule is Cc1ccc(NC(=O)CSc2nnc(NCC3CCCO3)s2)c(Cl)c1. The Hall–Kier alpha value is -1.35. The minimum atomic E-state index is -0.125. The minimum Gasteiger partial charge on any atom is -0.376 e. The Morgan fingerprint density at radius 1 is 1.48 bits per heavy atom. The average molecular weight is 399 g/mol. The molecule has 1 atom stereocenters. The van der Waals surface area contributed by atoms with Gasteiger partial charge in [-0.2, -0.15) is 0 Å². The average Bonchev–Trinajstić information content (AvgIpc) is 3.25. The molecule has 1 aromatic heterocycles. The van der Waals surface area contributed by atoms with E-state index in [1.807, 2.05) is 19.1 Å². The lowest BCUT2D eigenvalue weighted by molar-refractivity contribution is -0.113. The van der Waals surface area contributed by atoms with E-state index in [-0.39, 0.29) is 17.8 Å². The minimum absolute atomic E-state index is 0.125. The number of benzene rings is 1. The summed E-state index contributed by atoms with van der Waals surface area (Å²) in [6, 6.07) is 5.53. The van der Waals surface area contributed by atoms with Crippen LogP contribution >= 0.6 is 34.7 Å². The third kappa shape index (κ3) is 5.57. The monoisotopic (exact) mass is 398 g/mol. The highest BCUT2D eigenvalue weighted by molar-refractivity contribution is 8.01. The second kappa shape index (κ2) is 8.84. The highest BCUT2D eigenvalue weighted by Gasteiger charge is 2.16. The second-order valence-corrected chi connectivity index (χ2v) is 8.32. The number of aromatic nitrogens is 2. The first-order valence-electron chi connectivity index (χ1n) is 7.98. The molecule has 1 saturated heterocycles. The molecule has 6 nitrogen and oxygen atoms in total. The Labute approximate surface area is 159 Å². The van der Waals surface area contributed by atoms with Gasteiger partial charge in [0.15, 0.2) is 4.34 Å². The van der Waals surface area contributed by atoms with E-state index in [1.54, 1.807) is 6.07 Å². The van der Waals surface area contributed by atoms with Gasteiger partial charge in [0.1, 0.15) is 0 Å². The zero-order valence-electron chi connectivity index (χ0n) is 13.8. The maximum absolute atomic E-state index is 12.1. The van der Waals surface area contributed by atoms with Gasteiger partial charge >= 0.3 is 0 Å². The Kier molecular flexibility index (Phi) is 6.52. The molecule has 25 heavy (non-hydrogen) atoms. The number of nitrogens with zero attached hydrogens (tertiary/aromatic N) is 2. The van der Waals surface area contributed by atoms with Crippen LogP contribution in [0, 0.1) is 6.92 Å². The predicted octanol–water partition coefficient (Wildman–Crippen LogP) is 3.82. The first-order valence-corrected chi connectivity index (χ1v) is 10.2. The molecule has 3 rings (SSSR count). The van der Waals surface area contributed by atoms with Crippen LogP contribution in [0.1, 0.15) is 18.4 Å². The summed E-state index contributed by atoms with van der Waals surface area (Å²) in [4.78, 5) is 12.1. The Morgan fingerprint density at radius 2 is 2.36 bits per heavy atom. The topological polar surface area (TPSA) is 76.1 Å². The van der Waals surface area contributed by atoms with Gasteiger partial charge in [-0.3, -0.25) is 4.79 Å². The summed E-state index contributed by atoms with van der Waals surface area (Å²) in [5.41, 5.74) is 1.67. The van der Waals surface area contributed by atoms with Crippen molar-refractivity contribution in [3.05, 3.63) is 28.8 Å². The summed E-state index contributed by atoms with van der Waals surface area (Å²) in [7, 11) is 0. The fourth-order valence-electron chi connectivity index (χ4n) is 2.38. The highest BCUT2D eigenvalue weighted by atomic mass is 35.5. The standard InChI is InChI=1S/C16H19ClN4O2S2/c1-10-4-5-13(12(17)7-10)19-14(22)9-24-16-21-20-15(25-16)18-8-11-3-2-6-23-11/h4-5,7,11H,2-3,6,8-9H2,1H3,(H,18,20)(H,19,22). The number of nitrogens with one attached hydrogen (secondary N) is 2. The van der Waals surface area contributed by atoms with Crippen molar-refractivity contribution in [1.29, 1.82) is 0 Å². The molecule has 2 aromatic rings. The van der Waals surface area contributed by atoms with Crippen LogP contribution in [0.5, 0.6) is 0 Å². The number of rotatable bonds is 7. The normalized spacial score (nSPS) is 16.8. The zero-order valence-corrected chi connectivity index (χ0v) is 16.1. The molecule has 1 unspecified atom stereocenters. The molecule has 2 heterocycles. The van der Waals surface area contributed by atoms with Crippen LogP contribution in [0.2, 0.25) is 5.02 Å². The van der Waals surface area contributed by atoms with Crippen molar-refractivity contribution in [2.75, 3.05) is 29.5 Å². The Balaban J connectivity index is 1.44. The number of anilines is 2. The van der Waals surface area contributed by atoms with E-state index >= 15 is 0 Å². The number of hydrogen-bond donors (Lipinski definition) is 2. The van der Waals surface area contributed by atoms with Crippen LogP contribution in [0.4, 0.5) is 10.8 Å². The third-order valence-electron chi connectivity index (χ3n) is 3.64. The first-order chi connectivity index (χ1) is 12.1. The Morgan fingerprint density at radius 3 is 3.12 bits per heavy atom. The summed E-state index contributed by atoms with van der Waals surface area (Å²) in [5.74, 6) is 0.129. The van der Waals surface area contributed by atoms with E-state index in [0.717, 1.165) is 41.0 Å². The summed E-state index contributed by atoms with van der Waals surface area (Å²) in [6.45, 7) is 3.53. The van der Waals surface area contributed by atoms with Crippen LogP contribution in [-0.2, 0) is 9.53 Å². The summed E-state index contributed by atoms with van der Waals surface area (Å²) >= 11 is 8.91. The maximum atomic E-state index is 12.1. The van der Waals surface area contributed by atoms with Gasteiger partial charge in [-0.1, -0.05) is 40.8 Å². The van der Waals surface area contributed by atoms with Crippen LogP contribution < -0.4 is 10.6 Å². The van der Waals surface area contributed by atoms with E-state index in [0.29, 0.717) is 10.7 Å². The number of aryl methyl sites for hydroxylation is 1. The number of ether oxygens (including phenoxy) is 1. The number of carbonyl (C=O) groups is 1. The van der Waals surface area contributed by atoms with Crippen molar-refractivity contribution in [2.24, 2.45) is 0 Å².